The summed E-state index contributed by atoms with van der Waals surface area (Å²) in [7, 11) is 0. The van der Waals surface area contributed by atoms with Gasteiger partial charge in [-0.2, -0.15) is 5.26 Å². The Morgan fingerprint density at radius 1 is 1.50 bits per heavy atom. The maximum atomic E-state index is 8.25. The van der Waals surface area contributed by atoms with Gasteiger partial charge >= 0.3 is 0 Å². The highest BCUT2D eigenvalue weighted by atomic mass is 14.2. The molecule has 0 aromatic heterocycles. The van der Waals surface area contributed by atoms with Gasteiger partial charge in [0.2, 0.25) is 0 Å². The van der Waals surface area contributed by atoms with Gasteiger partial charge in [0, 0.05) is 5.57 Å². The Morgan fingerprint density at radius 3 is 2.00 bits per heavy atom. The molecule has 0 radical (unpaired) electrons. The maximum absolute atomic E-state index is 8.25. The van der Waals surface area contributed by atoms with Crippen LogP contribution in [0.25, 0.3) is 0 Å². The summed E-state index contributed by atoms with van der Waals surface area (Å²) in [6.45, 7) is 13.3. The maximum Gasteiger partial charge on any atom is 0.0988 e. The molecule has 0 heterocycles. The third kappa shape index (κ3) is 4.86. The number of hydrogen-bond donors (Lipinski definition) is 0. The van der Waals surface area contributed by atoms with Crippen molar-refractivity contribution in [3.8, 4) is 6.07 Å². The molecule has 0 saturated heterocycles. The lowest BCUT2D eigenvalue weighted by Crippen LogP contribution is -1.74. The van der Waals surface area contributed by atoms with Gasteiger partial charge < -0.3 is 0 Å². The highest BCUT2D eigenvalue weighted by Gasteiger charge is 1.88. The number of hydrogen-bond acceptors (Lipinski definition) is 1. The molecule has 10 heavy (non-hydrogen) atoms. The summed E-state index contributed by atoms with van der Waals surface area (Å²) < 4.78 is 0. The fourth-order valence-corrected chi connectivity index (χ4v) is 0.262. The van der Waals surface area contributed by atoms with Gasteiger partial charge in [0.05, 0.1) is 6.07 Å². The largest absolute Gasteiger partial charge is 0.192 e. The van der Waals surface area contributed by atoms with Gasteiger partial charge in [0.25, 0.3) is 0 Å². The standard InChI is InChI=1S/C7H9N.C2H4/c1-4-6(2)7(3)5-8;1-2/h4H,3H2,1-2H3;1-2H2/b6-4-;. The van der Waals surface area contributed by atoms with Crippen LogP contribution >= 0.6 is 0 Å². The average Bonchev–Trinajstić information content (AvgIpc) is 2.05. The van der Waals surface area contributed by atoms with E-state index in [0.29, 0.717) is 5.57 Å². The van der Waals surface area contributed by atoms with Gasteiger partial charge in [0.15, 0.2) is 0 Å². The van der Waals surface area contributed by atoms with Crippen LogP contribution in [0.2, 0.25) is 0 Å². The summed E-state index contributed by atoms with van der Waals surface area (Å²) in [6.07, 6.45) is 1.87. The summed E-state index contributed by atoms with van der Waals surface area (Å²) in [5.41, 5.74) is 1.50. The fraction of sp³-hybridized carbons (Fsp3) is 0.222. The van der Waals surface area contributed by atoms with Gasteiger partial charge in [-0.3, -0.25) is 0 Å². The highest BCUT2D eigenvalue weighted by Crippen LogP contribution is 2.02. The first kappa shape index (κ1) is 11.5. The zero-order valence-corrected chi connectivity index (χ0v) is 6.65. The Morgan fingerprint density at radius 2 is 1.90 bits per heavy atom. The van der Waals surface area contributed by atoms with Crippen molar-refractivity contribution in [2.45, 2.75) is 13.8 Å². The molecule has 0 fully saturated rings. The van der Waals surface area contributed by atoms with E-state index in [1.165, 1.54) is 0 Å². The van der Waals surface area contributed by atoms with Crippen LogP contribution in [0.3, 0.4) is 0 Å². The third-order valence-electron chi connectivity index (χ3n) is 1.04. The second-order valence-corrected chi connectivity index (χ2v) is 1.56. The van der Waals surface area contributed by atoms with Crippen molar-refractivity contribution in [2.24, 2.45) is 0 Å². The van der Waals surface area contributed by atoms with Gasteiger partial charge in [-0.05, 0) is 19.4 Å². The molecule has 0 aliphatic heterocycles. The van der Waals surface area contributed by atoms with Crippen molar-refractivity contribution in [2.75, 3.05) is 0 Å². The predicted octanol–water partition coefficient (Wildman–Crippen LogP) is 2.83. The van der Waals surface area contributed by atoms with E-state index in [2.05, 4.69) is 19.7 Å². The van der Waals surface area contributed by atoms with E-state index in [1.54, 1.807) is 0 Å². The Labute approximate surface area is 63.0 Å². The molecule has 0 saturated carbocycles. The minimum atomic E-state index is 0.549. The van der Waals surface area contributed by atoms with E-state index in [4.69, 9.17) is 5.26 Å². The molecule has 0 aliphatic carbocycles. The molecule has 0 N–H and O–H groups in total. The van der Waals surface area contributed by atoms with Crippen molar-refractivity contribution in [1.29, 1.82) is 5.26 Å². The SMILES string of the molecule is C=C.C=C(C#N)/C(C)=C\C. The molecule has 0 aromatic rings. The quantitative estimate of drug-likeness (QED) is 0.308. The molecule has 0 aliphatic rings. The van der Waals surface area contributed by atoms with Crippen molar-refractivity contribution >= 4 is 0 Å². The molecule has 1 nitrogen and oxygen atoms in total. The van der Waals surface area contributed by atoms with E-state index in [-0.39, 0.29) is 0 Å². The Kier molecular flexibility index (Phi) is 8.87. The minimum Gasteiger partial charge on any atom is -0.192 e. The van der Waals surface area contributed by atoms with E-state index in [1.807, 2.05) is 26.0 Å². The second-order valence-electron chi connectivity index (χ2n) is 1.56. The fourth-order valence-electron chi connectivity index (χ4n) is 0.262. The van der Waals surface area contributed by atoms with E-state index >= 15 is 0 Å². The van der Waals surface area contributed by atoms with Crippen molar-refractivity contribution in [3.05, 3.63) is 37.0 Å². The summed E-state index contributed by atoms with van der Waals surface area (Å²) >= 11 is 0. The first-order valence-electron chi connectivity index (χ1n) is 2.94. The van der Waals surface area contributed by atoms with Crippen LogP contribution < -0.4 is 0 Å². The van der Waals surface area contributed by atoms with Crippen molar-refractivity contribution in [3.63, 3.8) is 0 Å². The van der Waals surface area contributed by atoms with Gasteiger partial charge in [-0.25, -0.2) is 0 Å². The lowest BCUT2D eigenvalue weighted by atomic mass is 10.1. The lowest BCUT2D eigenvalue weighted by Gasteiger charge is -1.89. The topological polar surface area (TPSA) is 23.8 Å². The first-order chi connectivity index (χ1) is 4.72. The lowest BCUT2D eigenvalue weighted by molar-refractivity contribution is 1.39. The third-order valence-corrected chi connectivity index (χ3v) is 1.04. The monoisotopic (exact) mass is 135 g/mol. The number of nitriles is 1. The van der Waals surface area contributed by atoms with E-state index in [0.717, 1.165) is 5.57 Å². The van der Waals surface area contributed by atoms with Gasteiger partial charge in [-0.1, -0.05) is 12.7 Å². The van der Waals surface area contributed by atoms with E-state index < -0.39 is 0 Å². The molecule has 54 valence electrons. The molecule has 0 aromatic carbocycles. The van der Waals surface area contributed by atoms with Gasteiger partial charge in [-0.15, -0.1) is 13.2 Å². The Bertz CT molecular complexity index is 170. The zero-order chi connectivity index (χ0) is 8.57. The molecule has 0 bridgehead atoms. The molecule has 0 rings (SSSR count). The minimum absolute atomic E-state index is 0.549. The van der Waals surface area contributed by atoms with E-state index in [9.17, 15) is 0 Å². The summed E-state index contributed by atoms with van der Waals surface area (Å²) in [5, 5.41) is 8.25. The van der Waals surface area contributed by atoms with Crippen LogP contribution in [0.4, 0.5) is 0 Å². The molecular weight excluding hydrogens is 122 g/mol. The average molecular weight is 135 g/mol. The van der Waals surface area contributed by atoms with Crippen molar-refractivity contribution < 1.29 is 0 Å². The molecule has 0 unspecified atom stereocenters. The smallest absolute Gasteiger partial charge is 0.0988 e. The van der Waals surface area contributed by atoms with Crippen LogP contribution in [-0.2, 0) is 0 Å². The Balaban J connectivity index is 0. The number of rotatable bonds is 1. The predicted molar refractivity (Wildman–Crippen MR) is 45.4 cm³/mol. The number of allylic oxidation sites excluding steroid dienone is 3. The molecule has 1 heteroatoms. The van der Waals surface area contributed by atoms with Gasteiger partial charge in [0.1, 0.15) is 0 Å². The summed E-state index contributed by atoms with van der Waals surface area (Å²) in [6, 6.07) is 1.95. The molecule has 0 amide bonds. The Hall–Kier alpha value is -1.29. The van der Waals surface area contributed by atoms with Crippen LogP contribution in [0.5, 0.6) is 0 Å². The normalized spacial score (nSPS) is 8.70. The van der Waals surface area contributed by atoms with Crippen LogP contribution in [0, 0.1) is 11.3 Å². The first-order valence-corrected chi connectivity index (χ1v) is 2.94. The molecule has 0 atom stereocenters. The van der Waals surface area contributed by atoms with Crippen LogP contribution in [-0.4, -0.2) is 0 Å². The van der Waals surface area contributed by atoms with Crippen LogP contribution in [0.1, 0.15) is 13.8 Å². The summed E-state index contributed by atoms with van der Waals surface area (Å²) in [4.78, 5) is 0. The number of nitrogens with zero attached hydrogens (tertiary/aromatic N) is 1. The van der Waals surface area contributed by atoms with Crippen LogP contribution in [0.15, 0.2) is 37.0 Å². The molecular formula is C9H13N. The highest BCUT2D eigenvalue weighted by molar-refractivity contribution is 5.37. The summed E-state index contributed by atoms with van der Waals surface area (Å²) in [5.74, 6) is 0. The second kappa shape index (κ2) is 7.71. The van der Waals surface area contributed by atoms with Crippen molar-refractivity contribution in [1.82, 2.24) is 0 Å². The zero-order valence-electron chi connectivity index (χ0n) is 6.65. The molecule has 0 spiro atoms.